The second-order valence-electron chi connectivity index (χ2n) is 3.94. The third kappa shape index (κ3) is 2.41. The van der Waals surface area contributed by atoms with E-state index >= 15 is 0 Å². The molecule has 0 radical (unpaired) electrons. The lowest BCUT2D eigenvalue weighted by Crippen LogP contribution is -1.87. The summed E-state index contributed by atoms with van der Waals surface area (Å²) in [6.45, 7) is 0. The van der Waals surface area contributed by atoms with Gasteiger partial charge in [-0.25, -0.2) is 0 Å². The lowest BCUT2D eigenvalue weighted by atomic mass is 10.2. The van der Waals surface area contributed by atoms with Crippen molar-refractivity contribution in [3.05, 3.63) is 47.7 Å². The molecular weight excluding hydrogens is 264 g/mol. The summed E-state index contributed by atoms with van der Waals surface area (Å²) >= 11 is 5.83. The number of nitrogens with zero attached hydrogens (tertiary/aromatic N) is 3. The largest absolute Gasteiger partial charge is 0.397 e. The summed E-state index contributed by atoms with van der Waals surface area (Å²) < 4.78 is 5.20. The van der Waals surface area contributed by atoms with E-state index in [1.54, 1.807) is 30.6 Å². The highest BCUT2D eigenvalue weighted by molar-refractivity contribution is 6.30. The summed E-state index contributed by atoms with van der Waals surface area (Å²) in [6.07, 6.45) is 3.18. The Balaban J connectivity index is 1.97. The average molecular weight is 273 g/mol. The fourth-order valence-electron chi connectivity index (χ4n) is 1.63. The Labute approximate surface area is 114 Å². The molecule has 5 nitrogen and oxygen atoms in total. The molecular formula is C13H9ClN4O. The van der Waals surface area contributed by atoms with Crippen LogP contribution in [0.5, 0.6) is 0 Å². The molecule has 0 fully saturated rings. The fraction of sp³-hybridized carbons (Fsp3) is 0. The first-order valence-electron chi connectivity index (χ1n) is 5.53. The van der Waals surface area contributed by atoms with Gasteiger partial charge >= 0.3 is 0 Å². The summed E-state index contributed by atoms with van der Waals surface area (Å²) in [6, 6.07) is 8.93. The van der Waals surface area contributed by atoms with Gasteiger partial charge in [0.15, 0.2) is 0 Å². The average Bonchev–Trinajstić information content (AvgIpc) is 2.89. The van der Waals surface area contributed by atoms with E-state index in [4.69, 9.17) is 21.9 Å². The van der Waals surface area contributed by atoms with E-state index in [9.17, 15) is 0 Å². The molecule has 0 amide bonds. The number of aromatic nitrogens is 3. The van der Waals surface area contributed by atoms with Crippen molar-refractivity contribution in [1.29, 1.82) is 0 Å². The Morgan fingerprint density at radius 3 is 2.58 bits per heavy atom. The summed E-state index contributed by atoms with van der Waals surface area (Å²) in [7, 11) is 0. The molecule has 0 saturated carbocycles. The minimum atomic E-state index is 0.379. The van der Waals surface area contributed by atoms with Crippen LogP contribution in [0.1, 0.15) is 0 Å². The van der Waals surface area contributed by atoms with Gasteiger partial charge in [-0.15, -0.1) is 0 Å². The van der Waals surface area contributed by atoms with Crippen molar-refractivity contribution >= 4 is 17.3 Å². The highest BCUT2D eigenvalue weighted by Crippen LogP contribution is 2.23. The zero-order valence-corrected chi connectivity index (χ0v) is 10.5. The minimum Gasteiger partial charge on any atom is -0.397 e. The van der Waals surface area contributed by atoms with Gasteiger partial charge in [-0.3, -0.25) is 4.98 Å². The van der Waals surface area contributed by atoms with Crippen molar-refractivity contribution in [3.8, 4) is 22.8 Å². The van der Waals surface area contributed by atoms with Gasteiger partial charge in [0.1, 0.15) is 0 Å². The second kappa shape index (κ2) is 4.70. The number of halogens is 1. The molecule has 0 bridgehead atoms. The third-order valence-electron chi connectivity index (χ3n) is 2.53. The molecule has 2 heterocycles. The minimum absolute atomic E-state index is 0.379. The van der Waals surface area contributed by atoms with E-state index < -0.39 is 0 Å². The van der Waals surface area contributed by atoms with Crippen molar-refractivity contribution in [1.82, 2.24) is 15.1 Å². The Morgan fingerprint density at radius 2 is 1.84 bits per heavy atom. The second-order valence-corrected chi connectivity index (χ2v) is 4.37. The number of nitrogen functional groups attached to an aromatic ring is 1. The maximum Gasteiger partial charge on any atom is 0.259 e. The van der Waals surface area contributed by atoms with Crippen LogP contribution in [0.2, 0.25) is 5.02 Å². The van der Waals surface area contributed by atoms with Gasteiger partial charge in [0, 0.05) is 23.0 Å². The molecule has 0 saturated heterocycles. The number of hydrogen-bond donors (Lipinski definition) is 1. The first-order valence-corrected chi connectivity index (χ1v) is 5.91. The van der Waals surface area contributed by atoms with E-state index in [2.05, 4.69) is 15.1 Å². The molecule has 6 heteroatoms. The van der Waals surface area contributed by atoms with Crippen LogP contribution >= 0.6 is 11.6 Å². The van der Waals surface area contributed by atoms with Crippen molar-refractivity contribution in [2.24, 2.45) is 0 Å². The maximum absolute atomic E-state index is 5.83. The van der Waals surface area contributed by atoms with Gasteiger partial charge in [0.25, 0.3) is 5.89 Å². The zero-order chi connectivity index (χ0) is 13.2. The van der Waals surface area contributed by atoms with Gasteiger partial charge in [-0.1, -0.05) is 16.8 Å². The van der Waals surface area contributed by atoms with E-state index in [-0.39, 0.29) is 0 Å². The van der Waals surface area contributed by atoms with Crippen LogP contribution in [0.3, 0.4) is 0 Å². The van der Waals surface area contributed by atoms with Crippen molar-refractivity contribution in [2.45, 2.75) is 0 Å². The lowest BCUT2D eigenvalue weighted by Gasteiger charge is -1.95. The number of rotatable bonds is 2. The predicted molar refractivity (Wildman–Crippen MR) is 72.4 cm³/mol. The van der Waals surface area contributed by atoms with Crippen molar-refractivity contribution in [2.75, 3.05) is 5.73 Å². The Morgan fingerprint density at radius 1 is 1.05 bits per heavy atom. The van der Waals surface area contributed by atoms with Gasteiger partial charge in [-0.05, 0) is 30.3 Å². The highest BCUT2D eigenvalue weighted by atomic mass is 35.5. The van der Waals surface area contributed by atoms with E-state index in [1.165, 1.54) is 0 Å². The van der Waals surface area contributed by atoms with Gasteiger partial charge < -0.3 is 10.3 Å². The lowest BCUT2D eigenvalue weighted by molar-refractivity contribution is 0.432. The standard InChI is InChI=1S/C13H9ClN4O/c14-10-3-1-8(2-4-10)12-17-13(19-18-12)9-5-11(15)7-16-6-9/h1-7H,15H2. The summed E-state index contributed by atoms with van der Waals surface area (Å²) in [5, 5.41) is 4.58. The van der Waals surface area contributed by atoms with Crippen molar-refractivity contribution < 1.29 is 4.52 Å². The van der Waals surface area contributed by atoms with Crippen LogP contribution in [0.15, 0.2) is 47.2 Å². The molecule has 0 aliphatic carbocycles. The van der Waals surface area contributed by atoms with Gasteiger partial charge in [0.05, 0.1) is 11.3 Å². The monoisotopic (exact) mass is 272 g/mol. The van der Waals surface area contributed by atoms with Crippen molar-refractivity contribution in [3.63, 3.8) is 0 Å². The van der Waals surface area contributed by atoms with Crippen LogP contribution in [0, 0.1) is 0 Å². The molecule has 19 heavy (non-hydrogen) atoms. The molecule has 0 aliphatic rings. The smallest absolute Gasteiger partial charge is 0.259 e. The first-order chi connectivity index (χ1) is 9.22. The molecule has 2 aromatic heterocycles. The SMILES string of the molecule is Nc1cncc(-c2nc(-c3ccc(Cl)cc3)no2)c1. The third-order valence-corrected chi connectivity index (χ3v) is 2.79. The number of nitrogens with two attached hydrogens (primary N) is 1. The number of hydrogen-bond acceptors (Lipinski definition) is 5. The molecule has 94 valence electrons. The topological polar surface area (TPSA) is 77.8 Å². The summed E-state index contributed by atoms with van der Waals surface area (Å²) in [5.74, 6) is 0.874. The molecule has 0 atom stereocenters. The molecule has 3 aromatic rings. The van der Waals surface area contributed by atoms with Gasteiger partial charge in [0.2, 0.25) is 5.82 Å². The molecule has 2 N–H and O–H groups in total. The van der Waals surface area contributed by atoms with Crippen LogP contribution in [0.25, 0.3) is 22.8 Å². The molecule has 0 aliphatic heterocycles. The molecule has 1 aromatic carbocycles. The molecule has 3 rings (SSSR count). The molecule has 0 unspecified atom stereocenters. The van der Waals surface area contributed by atoms with E-state index in [0.29, 0.717) is 28.0 Å². The zero-order valence-electron chi connectivity index (χ0n) is 9.75. The predicted octanol–water partition coefficient (Wildman–Crippen LogP) is 3.03. The fourth-order valence-corrected chi connectivity index (χ4v) is 1.76. The normalized spacial score (nSPS) is 10.6. The Hall–Kier alpha value is -2.40. The quantitative estimate of drug-likeness (QED) is 0.776. The van der Waals surface area contributed by atoms with E-state index in [1.807, 2.05) is 12.1 Å². The number of benzene rings is 1. The highest BCUT2D eigenvalue weighted by Gasteiger charge is 2.10. The summed E-state index contributed by atoms with van der Waals surface area (Å²) in [5.41, 5.74) is 7.73. The Bertz CT molecular complexity index is 709. The number of anilines is 1. The van der Waals surface area contributed by atoms with Crippen LogP contribution in [-0.4, -0.2) is 15.1 Å². The van der Waals surface area contributed by atoms with Crippen LogP contribution in [-0.2, 0) is 0 Å². The molecule has 0 spiro atoms. The first kappa shape index (κ1) is 11.7. The van der Waals surface area contributed by atoms with Gasteiger partial charge in [-0.2, -0.15) is 4.98 Å². The maximum atomic E-state index is 5.83. The van der Waals surface area contributed by atoms with Crippen LogP contribution in [0.4, 0.5) is 5.69 Å². The number of pyridine rings is 1. The van der Waals surface area contributed by atoms with Crippen LogP contribution < -0.4 is 5.73 Å². The van der Waals surface area contributed by atoms with E-state index in [0.717, 1.165) is 5.56 Å². The Kier molecular flexibility index (Phi) is 2.89. The summed E-state index contributed by atoms with van der Waals surface area (Å²) in [4.78, 5) is 8.29.